The van der Waals surface area contributed by atoms with E-state index in [0.717, 1.165) is 0 Å². The summed E-state index contributed by atoms with van der Waals surface area (Å²) in [6.07, 6.45) is 4.41. The van der Waals surface area contributed by atoms with Crippen molar-refractivity contribution in [3.63, 3.8) is 0 Å². The molecule has 2 rings (SSSR count). The number of benzene rings is 1. The number of rotatable bonds is 0. The summed E-state index contributed by atoms with van der Waals surface area (Å²) < 4.78 is 19.5. The van der Waals surface area contributed by atoms with E-state index in [1.807, 2.05) is 0 Å². The van der Waals surface area contributed by atoms with Gasteiger partial charge in [0.25, 0.3) is 0 Å². The first kappa shape index (κ1) is 10.6. The summed E-state index contributed by atoms with van der Waals surface area (Å²) in [5, 5.41) is 0. The Morgan fingerprint density at radius 3 is 2.15 bits per heavy atom. The van der Waals surface area contributed by atoms with Crippen LogP contribution in [0.3, 0.4) is 0 Å². The number of hydrogen-bond donors (Lipinski definition) is 0. The predicted molar refractivity (Wildman–Crippen MR) is 45.7 cm³/mol. The van der Waals surface area contributed by atoms with E-state index in [4.69, 9.17) is 0 Å². The van der Waals surface area contributed by atoms with Crippen LogP contribution in [0.5, 0.6) is 0 Å². The van der Waals surface area contributed by atoms with E-state index >= 15 is 0 Å². The number of allylic oxidation sites excluding steroid dienone is 1. The van der Waals surface area contributed by atoms with Crippen molar-refractivity contribution >= 4 is 6.08 Å². The number of fused-ring (bicyclic) bond motifs is 1. The third-order valence-corrected chi connectivity index (χ3v) is 1.76. The van der Waals surface area contributed by atoms with Crippen LogP contribution in [0.15, 0.2) is 29.8 Å². The summed E-state index contributed by atoms with van der Waals surface area (Å²) in [6, 6.07) is 8.42. The zero-order valence-electron chi connectivity index (χ0n) is 7.22. The van der Waals surface area contributed by atoms with Gasteiger partial charge < -0.3 is 0 Å². The fourth-order valence-corrected chi connectivity index (χ4v) is 1.31. The molecular weight excluding hydrogens is 206 g/mol. The Morgan fingerprint density at radius 1 is 1.08 bits per heavy atom. The molecule has 1 radical (unpaired) electrons. The Morgan fingerprint density at radius 2 is 1.62 bits per heavy atom. The molecule has 0 aromatic heterocycles. The monoisotopic (exact) mass is 215 g/mol. The first-order valence-corrected chi connectivity index (χ1v) is 5.04. The van der Waals surface area contributed by atoms with Crippen molar-refractivity contribution in [1.82, 2.24) is 0 Å². The summed E-state index contributed by atoms with van der Waals surface area (Å²) >= 11 is -2.50. The van der Waals surface area contributed by atoms with Crippen LogP contribution in [0.2, 0.25) is 0 Å². The summed E-state index contributed by atoms with van der Waals surface area (Å²) in [6.45, 7) is 2.12. The molecule has 0 saturated carbocycles. The van der Waals surface area contributed by atoms with E-state index < -0.39 is 20.2 Å². The van der Waals surface area contributed by atoms with Gasteiger partial charge in [0.1, 0.15) is 0 Å². The molecule has 1 aliphatic rings. The van der Waals surface area contributed by atoms with Crippen LogP contribution in [0.1, 0.15) is 18.1 Å². The van der Waals surface area contributed by atoms with Crippen LogP contribution < -0.4 is 0 Å². The number of hydrogen-bond acceptors (Lipinski definition) is 0. The molecule has 3 heteroatoms. The van der Waals surface area contributed by atoms with Gasteiger partial charge in [-0.2, -0.15) is 0 Å². The van der Waals surface area contributed by atoms with Crippen LogP contribution in [-0.4, -0.2) is 0 Å². The summed E-state index contributed by atoms with van der Waals surface area (Å²) in [4.78, 5) is 0. The Kier molecular flexibility index (Phi) is 4.33. The van der Waals surface area contributed by atoms with Gasteiger partial charge >= 0.3 is 26.4 Å². The fourth-order valence-electron chi connectivity index (χ4n) is 1.31. The summed E-state index contributed by atoms with van der Waals surface area (Å²) in [5.74, 6) is 0. The minimum absolute atomic E-state index is 1.35. The van der Waals surface area contributed by atoms with Gasteiger partial charge in [-0.25, -0.2) is 0 Å². The van der Waals surface area contributed by atoms with Crippen molar-refractivity contribution in [2.45, 2.75) is 6.92 Å². The Labute approximate surface area is 86.9 Å². The first-order chi connectivity index (χ1) is 6.27. The molecule has 13 heavy (non-hydrogen) atoms. The van der Waals surface area contributed by atoms with E-state index in [2.05, 4.69) is 43.7 Å². The predicted octanol–water partition coefficient (Wildman–Crippen LogP) is 3.49. The molecule has 67 valence electrons. The molecule has 0 fully saturated rings. The second kappa shape index (κ2) is 5.30. The first-order valence-electron chi connectivity index (χ1n) is 3.86. The van der Waals surface area contributed by atoms with E-state index in [1.165, 1.54) is 16.7 Å². The van der Waals surface area contributed by atoms with E-state index in [0.29, 0.717) is 0 Å². The standard InChI is InChI=1S/C10H9.2FH.Ti/c1-8-6-9-4-2-3-5-10(9)7-8;;;/h2-7H,1H3;2*1H;/q;;;+2/p-2. The van der Waals surface area contributed by atoms with Crippen LogP contribution >= 0.6 is 0 Å². The Hall–Kier alpha value is -0.466. The molecule has 0 unspecified atom stereocenters. The zero-order valence-corrected chi connectivity index (χ0v) is 8.78. The van der Waals surface area contributed by atoms with Gasteiger partial charge in [0.2, 0.25) is 0 Å². The van der Waals surface area contributed by atoms with E-state index in [-0.39, 0.29) is 0 Å². The molecule has 0 N–H and O–H groups in total. The van der Waals surface area contributed by atoms with Crippen LogP contribution in [-0.2, 0) is 20.2 Å². The molecule has 0 amide bonds. The van der Waals surface area contributed by atoms with E-state index in [1.54, 1.807) is 0 Å². The topological polar surface area (TPSA) is 0 Å². The van der Waals surface area contributed by atoms with Crippen molar-refractivity contribution in [2.75, 3.05) is 0 Å². The van der Waals surface area contributed by atoms with Gasteiger partial charge in [0.15, 0.2) is 0 Å². The van der Waals surface area contributed by atoms with Crippen LogP contribution in [0.25, 0.3) is 6.08 Å². The quantitative estimate of drug-likeness (QED) is 0.581. The summed E-state index contributed by atoms with van der Waals surface area (Å²) in [5.41, 5.74) is 4.04. The fraction of sp³-hybridized carbons (Fsp3) is 0.100. The third-order valence-electron chi connectivity index (χ3n) is 1.76. The Balaban J connectivity index is 0.000000251. The van der Waals surface area contributed by atoms with Crippen molar-refractivity contribution in [3.05, 3.63) is 47.4 Å². The van der Waals surface area contributed by atoms with Crippen molar-refractivity contribution in [2.24, 2.45) is 0 Å². The van der Waals surface area contributed by atoms with Crippen molar-refractivity contribution in [1.29, 1.82) is 0 Å². The molecule has 1 aromatic rings. The molecule has 0 saturated heterocycles. The summed E-state index contributed by atoms with van der Waals surface area (Å²) in [7, 11) is 0. The SMILES string of the molecule is CC1=Cc2ccccc2[CH]1.[F][Ti][F]. The average Bonchev–Trinajstić information content (AvgIpc) is 2.45. The van der Waals surface area contributed by atoms with Gasteiger partial charge in [-0.15, -0.1) is 0 Å². The van der Waals surface area contributed by atoms with Gasteiger partial charge in [-0.3, -0.25) is 0 Å². The molecule has 0 spiro atoms. The molecule has 0 aliphatic heterocycles. The van der Waals surface area contributed by atoms with Gasteiger partial charge in [0.05, 0.1) is 0 Å². The van der Waals surface area contributed by atoms with Crippen LogP contribution in [0, 0.1) is 6.42 Å². The van der Waals surface area contributed by atoms with Gasteiger partial charge in [-0.05, 0) is 18.1 Å². The third kappa shape index (κ3) is 3.05. The average molecular weight is 215 g/mol. The second-order valence-electron chi connectivity index (χ2n) is 2.73. The van der Waals surface area contributed by atoms with E-state index in [9.17, 15) is 6.18 Å². The normalized spacial score (nSPS) is 12.4. The molecule has 1 aliphatic carbocycles. The number of halogens is 2. The molecule has 0 heterocycles. The zero-order chi connectivity index (χ0) is 9.68. The van der Waals surface area contributed by atoms with Gasteiger partial charge in [0, 0.05) is 6.42 Å². The Bertz CT molecular complexity index is 308. The second-order valence-corrected chi connectivity index (χ2v) is 2.96. The minimum atomic E-state index is -2.50. The van der Waals surface area contributed by atoms with Gasteiger partial charge in [-0.1, -0.05) is 35.9 Å². The molecule has 0 atom stereocenters. The molecule has 0 bridgehead atoms. The van der Waals surface area contributed by atoms with Crippen molar-refractivity contribution < 1.29 is 26.4 Å². The maximum atomic E-state index is 9.75. The molecule has 0 nitrogen and oxygen atoms in total. The molecule has 1 aromatic carbocycles. The van der Waals surface area contributed by atoms with Crippen molar-refractivity contribution in [3.8, 4) is 0 Å². The van der Waals surface area contributed by atoms with Crippen LogP contribution in [0.4, 0.5) is 6.18 Å². The molecular formula is C10H9F2Ti. The maximum absolute atomic E-state index is 9.75.